The zero-order chi connectivity index (χ0) is 16.3. The van der Waals surface area contributed by atoms with E-state index in [0.717, 1.165) is 31.2 Å². The van der Waals surface area contributed by atoms with Crippen LogP contribution in [0.4, 0.5) is 0 Å². The van der Waals surface area contributed by atoms with E-state index in [4.69, 9.17) is 0 Å². The number of aryl methyl sites for hydroxylation is 1. The standard InChI is InChI=1S/C16H22N4O2S/c1-12-17-16(19-18-12)15(14-9-3-2-4-10-14)20-23(21,22)11-13-7-5-6-8-13/h2-4,9-10,13,15,20H,5-8,11H2,1H3,(H,17,18,19). The first-order valence-electron chi connectivity index (χ1n) is 7.97. The molecule has 0 spiro atoms. The normalized spacial score (nSPS) is 17.4. The van der Waals surface area contributed by atoms with E-state index in [2.05, 4.69) is 19.9 Å². The van der Waals surface area contributed by atoms with Gasteiger partial charge in [0.2, 0.25) is 10.0 Å². The van der Waals surface area contributed by atoms with Crippen molar-refractivity contribution in [3.8, 4) is 0 Å². The molecule has 1 aromatic heterocycles. The third-order valence-corrected chi connectivity index (χ3v) is 5.74. The Morgan fingerprint density at radius 2 is 1.96 bits per heavy atom. The Morgan fingerprint density at radius 3 is 2.57 bits per heavy atom. The smallest absolute Gasteiger partial charge is 0.212 e. The first-order valence-corrected chi connectivity index (χ1v) is 9.62. The first-order chi connectivity index (χ1) is 11.0. The van der Waals surface area contributed by atoms with Gasteiger partial charge in [-0.15, -0.1) is 0 Å². The molecule has 3 rings (SSSR count). The number of H-pyrrole nitrogens is 1. The van der Waals surface area contributed by atoms with E-state index in [1.165, 1.54) is 0 Å². The fourth-order valence-electron chi connectivity index (χ4n) is 3.12. The SMILES string of the molecule is Cc1nc(C(NS(=O)(=O)CC2CCCC2)c2ccccc2)n[nH]1. The molecule has 1 atom stereocenters. The van der Waals surface area contributed by atoms with Gasteiger partial charge in [0.15, 0.2) is 5.82 Å². The van der Waals surface area contributed by atoms with Crippen LogP contribution in [0.15, 0.2) is 30.3 Å². The molecule has 7 heteroatoms. The minimum atomic E-state index is -3.40. The van der Waals surface area contributed by atoms with Gasteiger partial charge in [-0.1, -0.05) is 43.2 Å². The Hall–Kier alpha value is -1.73. The highest BCUT2D eigenvalue weighted by Gasteiger charge is 2.28. The lowest BCUT2D eigenvalue weighted by atomic mass is 10.1. The van der Waals surface area contributed by atoms with Crippen LogP contribution in [-0.4, -0.2) is 29.4 Å². The van der Waals surface area contributed by atoms with Crippen molar-refractivity contribution in [2.45, 2.75) is 38.6 Å². The van der Waals surface area contributed by atoms with Gasteiger partial charge in [-0.2, -0.15) is 9.82 Å². The highest BCUT2D eigenvalue weighted by atomic mass is 32.2. The topological polar surface area (TPSA) is 87.7 Å². The second-order valence-electron chi connectivity index (χ2n) is 6.17. The summed E-state index contributed by atoms with van der Waals surface area (Å²) < 4.78 is 27.9. The Bertz CT molecular complexity index is 736. The molecule has 1 unspecified atom stereocenters. The van der Waals surface area contributed by atoms with E-state index in [1.807, 2.05) is 30.3 Å². The molecule has 1 aliphatic carbocycles. The summed E-state index contributed by atoms with van der Waals surface area (Å²) in [4.78, 5) is 4.31. The van der Waals surface area contributed by atoms with Crippen LogP contribution in [0.25, 0.3) is 0 Å². The molecule has 1 aliphatic rings. The quantitative estimate of drug-likeness (QED) is 0.848. The third-order valence-electron chi connectivity index (χ3n) is 4.23. The molecule has 23 heavy (non-hydrogen) atoms. The summed E-state index contributed by atoms with van der Waals surface area (Å²) in [6.07, 6.45) is 4.25. The van der Waals surface area contributed by atoms with Gasteiger partial charge in [-0.3, -0.25) is 5.10 Å². The molecule has 6 nitrogen and oxygen atoms in total. The highest BCUT2D eigenvalue weighted by molar-refractivity contribution is 7.89. The molecule has 1 aromatic carbocycles. The fraction of sp³-hybridized carbons (Fsp3) is 0.500. The second kappa shape index (κ2) is 6.80. The van der Waals surface area contributed by atoms with Crippen LogP contribution in [0.3, 0.4) is 0 Å². The maximum atomic E-state index is 12.6. The summed E-state index contributed by atoms with van der Waals surface area (Å²) >= 11 is 0. The van der Waals surface area contributed by atoms with Crippen molar-refractivity contribution >= 4 is 10.0 Å². The Morgan fingerprint density at radius 1 is 1.26 bits per heavy atom. The van der Waals surface area contributed by atoms with Gasteiger partial charge in [-0.05, 0) is 31.2 Å². The van der Waals surface area contributed by atoms with E-state index in [1.54, 1.807) is 6.92 Å². The van der Waals surface area contributed by atoms with Gasteiger partial charge in [0.1, 0.15) is 11.9 Å². The molecule has 124 valence electrons. The average Bonchev–Trinajstić information content (AvgIpc) is 3.17. The summed E-state index contributed by atoms with van der Waals surface area (Å²) in [5.74, 6) is 1.55. The number of rotatable bonds is 6. The molecule has 0 radical (unpaired) electrons. The summed E-state index contributed by atoms with van der Waals surface area (Å²) in [6, 6.07) is 8.87. The van der Waals surface area contributed by atoms with Crippen LogP contribution in [0.5, 0.6) is 0 Å². The minimum absolute atomic E-state index is 0.180. The van der Waals surface area contributed by atoms with Gasteiger partial charge in [0.05, 0.1) is 5.75 Å². The van der Waals surface area contributed by atoms with Gasteiger partial charge >= 0.3 is 0 Å². The van der Waals surface area contributed by atoms with Crippen molar-refractivity contribution in [2.24, 2.45) is 5.92 Å². The number of hydrogen-bond acceptors (Lipinski definition) is 4. The van der Waals surface area contributed by atoms with E-state index in [-0.39, 0.29) is 11.7 Å². The molecular weight excluding hydrogens is 312 g/mol. The molecule has 1 saturated carbocycles. The molecular formula is C16H22N4O2S. The number of aromatic amines is 1. The van der Waals surface area contributed by atoms with E-state index >= 15 is 0 Å². The van der Waals surface area contributed by atoms with Crippen molar-refractivity contribution < 1.29 is 8.42 Å². The summed E-state index contributed by atoms with van der Waals surface area (Å²) in [5, 5.41) is 6.93. The molecule has 0 bridgehead atoms. The summed E-state index contributed by atoms with van der Waals surface area (Å²) in [6.45, 7) is 1.80. The predicted molar refractivity (Wildman–Crippen MR) is 88.3 cm³/mol. The van der Waals surface area contributed by atoms with Gasteiger partial charge < -0.3 is 0 Å². The van der Waals surface area contributed by atoms with E-state index < -0.39 is 16.1 Å². The number of nitrogens with one attached hydrogen (secondary N) is 2. The van der Waals surface area contributed by atoms with Crippen LogP contribution in [0.1, 0.15) is 48.9 Å². The van der Waals surface area contributed by atoms with E-state index in [9.17, 15) is 8.42 Å². The average molecular weight is 334 g/mol. The zero-order valence-corrected chi connectivity index (χ0v) is 14.0. The Kier molecular flexibility index (Phi) is 4.77. The number of hydrogen-bond donors (Lipinski definition) is 2. The number of sulfonamides is 1. The van der Waals surface area contributed by atoms with Crippen LogP contribution in [0.2, 0.25) is 0 Å². The van der Waals surface area contributed by atoms with Gasteiger partial charge in [0.25, 0.3) is 0 Å². The first kappa shape index (κ1) is 16.1. The lowest BCUT2D eigenvalue weighted by molar-refractivity contribution is 0.537. The second-order valence-corrected chi connectivity index (χ2v) is 7.97. The molecule has 0 aliphatic heterocycles. The van der Waals surface area contributed by atoms with E-state index in [0.29, 0.717) is 11.6 Å². The van der Waals surface area contributed by atoms with Gasteiger partial charge in [-0.25, -0.2) is 13.4 Å². The molecule has 0 amide bonds. The molecule has 0 saturated heterocycles. The van der Waals surface area contributed by atoms with Crippen molar-refractivity contribution in [3.63, 3.8) is 0 Å². The van der Waals surface area contributed by atoms with Crippen LogP contribution in [0, 0.1) is 12.8 Å². The van der Waals surface area contributed by atoms with Crippen molar-refractivity contribution in [1.29, 1.82) is 0 Å². The Balaban J connectivity index is 1.83. The lowest BCUT2D eigenvalue weighted by Gasteiger charge is -2.18. The third kappa shape index (κ3) is 4.17. The summed E-state index contributed by atoms with van der Waals surface area (Å²) in [7, 11) is -3.40. The Labute approximate surface area is 136 Å². The summed E-state index contributed by atoms with van der Waals surface area (Å²) in [5.41, 5.74) is 0.835. The number of nitrogens with zero attached hydrogens (tertiary/aromatic N) is 2. The molecule has 2 aromatic rings. The number of benzene rings is 1. The minimum Gasteiger partial charge on any atom is -0.263 e. The fourth-order valence-corrected chi connectivity index (χ4v) is 4.77. The van der Waals surface area contributed by atoms with Crippen LogP contribution in [-0.2, 0) is 10.0 Å². The largest absolute Gasteiger partial charge is 0.263 e. The molecule has 1 fully saturated rings. The van der Waals surface area contributed by atoms with Crippen molar-refractivity contribution in [3.05, 3.63) is 47.5 Å². The molecule has 1 heterocycles. The maximum Gasteiger partial charge on any atom is 0.212 e. The predicted octanol–water partition coefficient (Wildman–Crippen LogP) is 2.31. The number of aromatic nitrogens is 3. The zero-order valence-electron chi connectivity index (χ0n) is 13.2. The van der Waals surface area contributed by atoms with Crippen molar-refractivity contribution in [1.82, 2.24) is 19.9 Å². The van der Waals surface area contributed by atoms with Crippen molar-refractivity contribution in [2.75, 3.05) is 5.75 Å². The monoisotopic (exact) mass is 334 g/mol. The van der Waals surface area contributed by atoms with Crippen LogP contribution >= 0.6 is 0 Å². The van der Waals surface area contributed by atoms with Crippen LogP contribution < -0.4 is 4.72 Å². The maximum absolute atomic E-state index is 12.6. The highest BCUT2D eigenvalue weighted by Crippen LogP contribution is 2.27. The van der Waals surface area contributed by atoms with Gasteiger partial charge in [0, 0.05) is 0 Å². The molecule has 2 N–H and O–H groups in total. The lowest BCUT2D eigenvalue weighted by Crippen LogP contribution is -2.34.